The molecule has 0 aromatic heterocycles. The predicted octanol–water partition coefficient (Wildman–Crippen LogP) is 4.82. The summed E-state index contributed by atoms with van der Waals surface area (Å²) >= 11 is 11.9. The molecule has 0 heterocycles. The topological polar surface area (TPSA) is 47.6 Å². The second-order valence-corrected chi connectivity index (χ2v) is 5.38. The zero-order valence-electron chi connectivity index (χ0n) is 12.6. The van der Waals surface area contributed by atoms with E-state index in [9.17, 15) is 4.79 Å². The van der Waals surface area contributed by atoms with Crippen molar-refractivity contribution < 1.29 is 14.3 Å². The highest BCUT2D eigenvalue weighted by molar-refractivity contribution is 6.35. The van der Waals surface area contributed by atoms with E-state index in [-0.39, 0.29) is 5.78 Å². The third kappa shape index (κ3) is 4.41. The van der Waals surface area contributed by atoms with Crippen LogP contribution >= 0.6 is 23.2 Å². The number of methoxy groups -OCH3 is 2. The van der Waals surface area contributed by atoms with Crippen molar-refractivity contribution >= 4 is 34.7 Å². The standard InChI is InChI=1S/C17H15Cl2NO3/c1-22-16-6-3-11(9-17(16)23-2)15(21)7-8-20-14-10-12(18)4-5-13(14)19/h3-10,20H,1-2H3/b8-7+. The van der Waals surface area contributed by atoms with Gasteiger partial charge in [0, 0.05) is 22.9 Å². The monoisotopic (exact) mass is 351 g/mol. The van der Waals surface area contributed by atoms with Gasteiger partial charge in [0.15, 0.2) is 17.3 Å². The minimum absolute atomic E-state index is 0.184. The fourth-order valence-electron chi connectivity index (χ4n) is 1.90. The average Bonchev–Trinajstić information content (AvgIpc) is 2.57. The summed E-state index contributed by atoms with van der Waals surface area (Å²) in [4.78, 5) is 12.2. The Morgan fingerprint density at radius 3 is 2.48 bits per heavy atom. The maximum atomic E-state index is 12.2. The molecule has 0 unspecified atom stereocenters. The van der Waals surface area contributed by atoms with Crippen molar-refractivity contribution in [2.75, 3.05) is 19.5 Å². The minimum Gasteiger partial charge on any atom is -0.493 e. The summed E-state index contributed by atoms with van der Waals surface area (Å²) in [6.07, 6.45) is 2.91. The molecule has 120 valence electrons. The fraction of sp³-hybridized carbons (Fsp3) is 0.118. The zero-order chi connectivity index (χ0) is 16.8. The zero-order valence-corrected chi connectivity index (χ0v) is 14.1. The van der Waals surface area contributed by atoms with Gasteiger partial charge in [0.05, 0.1) is 24.9 Å². The van der Waals surface area contributed by atoms with E-state index in [1.807, 2.05) is 0 Å². The van der Waals surface area contributed by atoms with Gasteiger partial charge in [-0.25, -0.2) is 0 Å². The Balaban J connectivity index is 2.11. The van der Waals surface area contributed by atoms with Crippen LogP contribution in [0.1, 0.15) is 10.4 Å². The molecule has 1 N–H and O–H groups in total. The quantitative estimate of drug-likeness (QED) is 0.598. The summed E-state index contributed by atoms with van der Waals surface area (Å²) in [5, 5.41) is 4.00. The van der Waals surface area contributed by atoms with Gasteiger partial charge in [-0.3, -0.25) is 4.79 Å². The van der Waals surface area contributed by atoms with Crippen LogP contribution in [0.4, 0.5) is 5.69 Å². The van der Waals surface area contributed by atoms with Crippen LogP contribution in [0.2, 0.25) is 10.0 Å². The van der Waals surface area contributed by atoms with Gasteiger partial charge in [0.1, 0.15) is 0 Å². The molecule has 2 rings (SSSR count). The lowest BCUT2D eigenvalue weighted by Gasteiger charge is -2.08. The van der Waals surface area contributed by atoms with Gasteiger partial charge in [-0.1, -0.05) is 23.2 Å². The Hall–Kier alpha value is -2.17. The molecule has 4 nitrogen and oxygen atoms in total. The highest BCUT2D eigenvalue weighted by Crippen LogP contribution is 2.28. The van der Waals surface area contributed by atoms with Crippen LogP contribution < -0.4 is 14.8 Å². The molecule has 0 saturated carbocycles. The van der Waals surface area contributed by atoms with E-state index >= 15 is 0 Å². The van der Waals surface area contributed by atoms with Crippen LogP contribution in [-0.4, -0.2) is 20.0 Å². The van der Waals surface area contributed by atoms with Crippen LogP contribution in [-0.2, 0) is 0 Å². The number of anilines is 1. The van der Waals surface area contributed by atoms with Crippen molar-refractivity contribution in [3.05, 3.63) is 64.3 Å². The molecular formula is C17H15Cl2NO3. The molecule has 0 fully saturated rings. The van der Waals surface area contributed by atoms with Crippen molar-refractivity contribution in [2.45, 2.75) is 0 Å². The number of hydrogen-bond donors (Lipinski definition) is 1. The fourth-order valence-corrected chi connectivity index (χ4v) is 2.25. The number of carbonyl (C=O) groups is 1. The molecule has 23 heavy (non-hydrogen) atoms. The summed E-state index contributed by atoms with van der Waals surface area (Å²) in [5.74, 6) is 0.881. The highest BCUT2D eigenvalue weighted by Gasteiger charge is 2.08. The molecule has 0 radical (unpaired) electrons. The molecule has 0 aliphatic rings. The maximum absolute atomic E-state index is 12.2. The van der Waals surface area contributed by atoms with E-state index in [0.717, 1.165) is 0 Å². The summed E-state index contributed by atoms with van der Waals surface area (Å²) < 4.78 is 10.3. The molecule has 0 bridgehead atoms. The first-order valence-corrected chi connectivity index (χ1v) is 7.45. The number of ether oxygens (including phenoxy) is 2. The van der Waals surface area contributed by atoms with Crippen molar-refractivity contribution in [2.24, 2.45) is 0 Å². The third-order valence-corrected chi connectivity index (χ3v) is 3.63. The summed E-state index contributed by atoms with van der Waals surface area (Å²) in [6, 6.07) is 10.0. The Kier molecular flexibility index (Phi) is 5.90. The van der Waals surface area contributed by atoms with Crippen LogP contribution in [0.3, 0.4) is 0 Å². The number of rotatable bonds is 6. The third-order valence-electron chi connectivity index (χ3n) is 3.07. The molecule has 2 aromatic carbocycles. The lowest BCUT2D eigenvalue weighted by molar-refractivity contribution is 0.104. The SMILES string of the molecule is COc1ccc(C(=O)/C=C/Nc2cc(Cl)ccc2Cl)cc1OC. The van der Waals surface area contributed by atoms with Gasteiger partial charge in [-0.15, -0.1) is 0 Å². The first-order valence-electron chi connectivity index (χ1n) is 6.69. The van der Waals surface area contributed by atoms with E-state index in [4.69, 9.17) is 32.7 Å². The Morgan fingerprint density at radius 2 is 1.78 bits per heavy atom. The van der Waals surface area contributed by atoms with E-state index in [1.165, 1.54) is 26.5 Å². The number of hydrogen-bond acceptors (Lipinski definition) is 4. The summed E-state index contributed by atoms with van der Waals surface area (Å²) in [6.45, 7) is 0. The van der Waals surface area contributed by atoms with Gasteiger partial charge in [0.25, 0.3) is 0 Å². The number of allylic oxidation sites excluding steroid dienone is 1. The van der Waals surface area contributed by atoms with E-state index in [1.54, 1.807) is 36.4 Å². The number of benzene rings is 2. The molecule has 6 heteroatoms. The number of carbonyl (C=O) groups excluding carboxylic acids is 1. The van der Waals surface area contributed by atoms with Crippen LogP contribution in [0.15, 0.2) is 48.7 Å². The first-order chi connectivity index (χ1) is 11.0. The van der Waals surface area contributed by atoms with Gasteiger partial charge in [0.2, 0.25) is 0 Å². The number of halogens is 2. The second kappa shape index (κ2) is 7.90. The average molecular weight is 352 g/mol. The van der Waals surface area contributed by atoms with Crippen LogP contribution in [0, 0.1) is 0 Å². The van der Waals surface area contributed by atoms with Crippen molar-refractivity contribution in [3.63, 3.8) is 0 Å². The highest BCUT2D eigenvalue weighted by atomic mass is 35.5. The minimum atomic E-state index is -0.184. The molecule has 0 aliphatic heterocycles. The molecule has 0 atom stereocenters. The van der Waals surface area contributed by atoms with E-state index in [2.05, 4.69) is 5.32 Å². The number of ketones is 1. The predicted molar refractivity (Wildman–Crippen MR) is 93.1 cm³/mol. The molecule has 0 saturated heterocycles. The van der Waals surface area contributed by atoms with Gasteiger partial charge >= 0.3 is 0 Å². The summed E-state index contributed by atoms with van der Waals surface area (Å²) in [5.41, 5.74) is 1.11. The van der Waals surface area contributed by atoms with Crippen molar-refractivity contribution in [1.82, 2.24) is 0 Å². The van der Waals surface area contributed by atoms with Gasteiger partial charge in [-0.05, 0) is 36.4 Å². The Labute approximate surface area is 144 Å². The second-order valence-electron chi connectivity index (χ2n) is 4.54. The Bertz CT molecular complexity index is 745. The van der Waals surface area contributed by atoms with Gasteiger partial charge in [-0.2, -0.15) is 0 Å². The van der Waals surface area contributed by atoms with Crippen molar-refractivity contribution in [3.8, 4) is 11.5 Å². The normalized spacial score (nSPS) is 10.6. The lowest BCUT2D eigenvalue weighted by Crippen LogP contribution is -1.99. The summed E-state index contributed by atoms with van der Waals surface area (Å²) in [7, 11) is 3.06. The lowest BCUT2D eigenvalue weighted by atomic mass is 10.1. The molecule has 0 aliphatic carbocycles. The number of nitrogens with one attached hydrogen (secondary N) is 1. The van der Waals surface area contributed by atoms with Crippen molar-refractivity contribution in [1.29, 1.82) is 0 Å². The smallest absolute Gasteiger partial charge is 0.187 e. The van der Waals surface area contributed by atoms with E-state index < -0.39 is 0 Å². The molecule has 0 spiro atoms. The molecular weight excluding hydrogens is 337 g/mol. The van der Waals surface area contributed by atoms with E-state index in [0.29, 0.717) is 32.8 Å². The molecule has 0 amide bonds. The Morgan fingerprint density at radius 1 is 1.04 bits per heavy atom. The molecule has 2 aromatic rings. The van der Waals surface area contributed by atoms with Gasteiger partial charge < -0.3 is 14.8 Å². The van der Waals surface area contributed by atoms with Crippen LogP contribution in [0.5, 0.6) is 11.5 Å². The largest absolute Gasteiger partial charge is 0.493 e. The first kappa shape index (κ1) is 17.2. The van der Waals surface area contributed by atoms with Crippen LogP contribution in [0.25, 0.3) is 0 Å². The maximum Gasteiger partial charge on any atom is 0.187 e.